The Morgan fingerprint density at radius 2 is 2.00 bits per heavy atom. The van der Waals surface area contributed by atoms with Crippen molar-refractivity contribution in [2.24, 2.45) is 0 Å². The van der Waals surface area contributed by atoms with Crippen molar-refractivity contribution in [3.8, 4) is 5.75 Å². The molecule has 0 aliphatic heterocycles. The van der Waals surface area contributed by atoms with Crippen molar-refractivity contribution in [1.29, 1.82) is 0 Å². The van der Waals surface area contributed by atoms with Gasteiger partial charge in [0, 0.05) is 19.6 Å². The van der Waals surface area contributed by atoms with Crippen molar-refractivity contribution >= 4 is 5.91 Å². The molecule has 1 amide bonds. The van der Waals surface area contributed by atoms with E-state index >= 15 is 0 Å². The van der Waals surface area contributed by atoms with Crippen LogP contribution in [0.15, 0.2) is 18.2 Å². The lowest BCUT2D eigenvalue weighted by Crippen LogP contribution is -2.25. The van der Waals surface area contributed by atoms with Crippen LogP contribution in [0, 0.1) is 0 Å². The molecule has 1 rings (SSSR count). The Hall–Kier alpha value is -1.55. The molecule has 0 saturated heterocycles. The van der Waals surface area contributed by atoms with Gasteiger partial charge in [-0.15, -0.1) is 0 Å². The van der Waals surface area contributed by atoms with E-state index in [1.165, 1.54) is 0 Å². The first kappa shape index (κ1) is 16.5. The lowest BCUT2D eigenvalue weighted by molar-refractivity contribution is -0.121. The number of phenolic OH excluding ortho intramolecular Hbond substituents is 1. The fourth-order valence-corrected chi connectivity index (χ4v) is 1.99. The molecular weight excluding hydrogens is 254 g/mol. The topological polar surface area (TPSA) is 69.6 Å². The number of benzene rings is 1. The maximum absolute atomic E-state index is 11.6. The normalized spacial score (nSPS) is 11.4. The zero-order valence-electron chi connectivity index (χ0n) is 12.6. The minimum Gasteiger partial charge on any atom is -0.508 e. The van der Waals surface area contributed by atoms with Crippen LogP contribution in [0.2, 0.25) is 0 Å². The largest absolute Gasteiger partial charge is 0.508 e. The third kappa shape index (κ3) is 5.21. The lowest BCUT2D eigenvalue weighted by atomic mass is 9.85. The maximum Gasteiger partial charge on any atom is 0.220 e. The molecule has 4 heteroatoms. The molecule has 0 atom stereocenters. The van der Waals surface area contributed by atoms with Gasteiger partial charge >= 0.3 is 0 Å². The summed E-state index contributed by atoms with van der Waals surface area (Å²) in [6.07, 6.45) is 1.65. The van der Waals surface area contributed by atoms with E-state index in [0.29, 0.717) is 31.6 Å². The molecule has 0 heterocycles. The number of carbonyl (C=O) groups is 1. The summed E-state index contributed by atoms with van der Waals surface area (Å²) in [6.45, 7) is 6.75. The van der Waals surface area contributed by atoms with E-state index in [-0.39, 0.29) is 17.9 Å². The van der Waals surface area contributed by atoms with Crippen LogP contribution in [-0.2, 0) is 16.6 Å². The van der Waals surface area contributed by atoms with E-state index < -0.39 is 0 Å². The predicted octanol–water partition coefficient (Wildman–Crippen LogP) is 2.12. The standard InChI is InChI=1S/C16H25NO3/c1-16(2,3)13-11-12(5-7-14(13)19)6-8-15(20)17-9-4-10-18/h5,7,11,18-19H,4,6,8-10H2,1-3H3,(H,17,20). The second-order valence-corrected chi connectivity index (χ2v) is 6.03. The smallest absolute Gasteiger partial charge is 0.220 e. The van der Waals surface area contributed by atoms with Gasteiger partial charge in [-0.1, -0.05) is 32.9 Å². The number of nitrogens with one attached hydrogen (secondary N) is 1. The molecule has 1 aromatic rings. The SMILES string of the molecule is CC(C)(C)c1cc(CCC(=O)NCCCO)ccc1O. The molecule has 20 heavy (non-hydrogen) atoms. The molecule has 0 fully saturated rings. The molecule has 0 spiro atoms. The Bertz CT molecular complexity index is 450. The number of aromatic hydroxyl groups is 1. The Labute approximate surface area is 120 Å². The molecular formula is C16H25NO3. The molecule has 0 radical (unpaired) electrons. The average molecular weight is 279 g/mol. The van der Waals surface area contributed by atoms with Gasteiger partial charge in [-0.05, 0) is 35.4 Å². The van der Waals surface area contributed by atoms with Gasteiger partial charge in [0.25, 0.3) is 0 Å². The van der Waals surface area contributed by atoms with Crippen molar-refractivity contribution in [2.75, 3.05) is 13.2 Å². The number of amides is 1. The van der Waals surface area contributed by atoms with E-state index in [0.717, 1.165) is 11.1 Å². The third-order valence-corrected chi connectivity index (χ3v) is 3.17. The first-order chi connectivity index (χ1) is 9.34. The predicted molar refractivity (Wildman–Crippen MR) is 79.8 cm³/mol. The summed E-state index contributed by atoms with van der Waals surface area (Å²) in [4.78, 5) is 11.6. The summed E-state index contributed by atoms with van der Waals surface area (Å²) in [5.74, 6) is 0.289. The van der Waals surface area contributed by atoms with Crippen LogP contribution in [0.4, 0.5) is 0 Å². The van der Waals surface area contributed by atoms with Crippen LogP contribution in [-0.4, -0.2) is 29.3 Å². The molecule has 0 bridgehead atoms. The number of aliphatic hydroxyl groups excluding tert-OH is 1. The van der Waals surface area contributed by atoms with E-state index in [1.54, 1.807) is 6.07 Å². The Morgan fingerprint density at radius 1 is 1.30 bits per heavy atom. The number of phenols is 1. The molecule has 0 unspecified atom stereocenters. The van der Waals surface area contributed by atoms with E-state index in [4.69, 9.17) is 5.11 Å². The first-order valence-electron chi connectivity index (χ1n) is 7.04. The van der Waals surface area contributed by atoms with Gasteiger partial charge in [-0.25, -0.2) is 0 Å². The van der Waals surface area contributed by atoms with Gasteiger partial charge in [-0.2, -0.15) is 0 Å². The van der Waals surface area contributed by atoms with Crippen LogP contribution in [0.3, 0.4) is 0 Å². The summed E-state index contributed by atoms with van der Waals surface area (Å²) in [6, 6.07) is 5.52. The minimum absolute atomic E-state index is 0.0103. The van der Waals surface area contributed by atoms with Crippen LogP contribution >= 0.6 is 0 Å². The number of aryl methyl sites for hydroxylation is 1. The summed E-state index contributed by atoms with van der Waals surface area (Å²) in [7, 11) is 0. The van der Waals surface area contributed by atoms with Gasteiger partial charge in [-0.3, -0.25) is 4.79 Å². The number of hydrogen-bond donors (Lipinski definition) is 3. The van der Waals surface area contributed by atoms with Crippen LogP contribution < -0.4 is 5.32 Å². The van der Waals surface area contributed by atoms with E-state index in [2.05, 4.69) is 5.32 Å². The minimum atomic E-state index is -0.122. The molecule has 4 nitrogen and oxygen atoms in total. The Morgan fingerprint density at radius 3 is 2.60 bits per heavy atom. The first-order valence-corrected chi connectivity index (χ1v) is 7.04. The fraction of sp³-hybridized carbons (Fsp3) is 0.562. The number of carbonyl (C=O) groups excluding carboxylic acids is 1. The lowest BCUT2D eigenvalue weighted by Gasteiger charge is -2.21. The Balaban J connectivity index is 2.59. The van der Waals surface area contributed by atoms with Crippen molar-refractivity contribution in [3.63, 3.8) is 0 Å². The molecule has 112 valence electrons. The second kappa shape index (κ2) is 7.29. The summed E-state index contributed by atoms with van der Waals surface area (Å²) < 4.78 is 0. The zero-order valence-corrected chi connectivity index (χ0v) is 12.6. The van der Waals surface area contributed by atoms with Crippen molar-refractivity contribution in [1.82, 2.24) is 5.32 Å². The Kier molecular flexibility index (Phi) is 6.02. The van der Waals surface area contributed by atoms with E-state index in [9.17, 15) is 9.90 Å². The van der Waals surface area contributed by atoms with Gasteiger partial charge in [0.2, 0.25) is 5.91 Å². The molecule has 0 aliphatic carbocycles. The number of aliphatic hydroxyl groups is 1. The maximum atomic E-state index is 11.6. The molecule has 0 saturated carbocycles. The van der Waals surface area contributed by atoms with Gasteiger partial charge < -0.3 is 15.5 Å². The highest BCUT2D eigenvalue weighted by molar-refractivity contribution is 5.76. The summed E-state index contributed by atoms with van der Waals surface area (Å²) >= 11 is 0. The van der Waals surface area contributed by atoms with Gasteiger partial charge in [0.05, 0.1) is 0 Å². The van der Waals surface area contributed by atoms with Crippen molar-refractivity contribution < 1.29 is 15.0 Å². The fourth-order valence-electron chi connectivity index (χ4n) is 1.99. The van der Waals surface area contributed by atoms with Crippen LogP contribution in [0.5, 0.6) is 5.75 Å². The molecule has 1 aromatic carbocycles. The number of hydrogen-bond acceptors (Lipinski definition) is 3. The quantitative estimate of drug-likeness (QED) is 0.699. The van der Waals surface area contributed by atoms with Crippen LogP contribution in [0.1, 0.15) is 44.7 Å². The molecule has 0 aromatic heterocycles. The zero-order chi connectivity index (χ0) is 15.2. The third-order valence-electron chi connectivity index (χ3n) is 3.17. The highest BCUT2D eigenvalue weighted by Crippen LogP contribution is 2.31. The van der Waals surface area contributed by atoms with Crippen molar-refractivity contribution in [3.05, 3.63) is 29.3 Å². The van der Waals surface area contributed by atoms with Crippen LogP contribution in [0.25, 0.3) is 0 Å². The average Bonchev–Trinajstić information content (AvgIpc) is 2.36. The highest BCUT2D eigenvalue weighted by Gasteiger charge is 2.18. The molecule has 0 aliphatic rings. The van der Waals surface area contributed by atoms with E-state index in [1.807, 2.05) is 32.9 Å². The van der Waals surface area contributed by atoms with Gasteiger partial charge in [0.1, 0.15) is 5.75 Å². The van der Waals surface area contributed by atoms with Crippen molar-refractivity contribution in [2.45, 2.75) is 45.4 Å². The second-order valence-electron chi connectivity index (χ2n) is 6.03. The number of rotatable bonds is 6. The van der Waals surface area contributed by atoms with Gasteiger partial charge in [0.15, 0.2) is 0 Å². The highest BCUT2D eigenvalue weighted by atomic mass is 16.3. The summed E-state index contributed by atoms with van der Waals surface area (Å²) in [5, 5.41) is 21.3. The summed E-state index contributed by atoms with van der Waals surface area (Å²) in [5.41, 5.74) is 1.82. The molecule has 3 N–H and O–H groups in total. The monoisotopic (exact) mass is 279 g/mol.